The third kappa shape index (κ3) is 3.04. The van der Waals surface area contributed by atoms with E-state index in [2.05, 4.69) is 25.7 Å². The summed E-state index contributed by atoms with van der Waals surface area (Å²) in [5, 5.41) is 3.08. The Hall–Kier alpha value is -2.61. The molecule has 0 aliphatic carbocycles. The van der Waals surface area contributed by atoms with E-state index in [4.69, 9.17) is 10.6 Å². The zero-order chi connectivity index (χ0) is 14.5. The minimum atomic E-state index is 0.279. The molecule has 0 unspecified atom stereocenters. The molecule has 2 aromatic rings. The molecular formula is C12H17N7O. The molecule has 0 aliphatic heterocycles. The fourth-order valence-electron chi connectivity index (χ4n) is 1.55. The number of nitrogens with zero attached hydrogens (tertiary/aromatic N) is 4. The number of anilines is 4. The third-order valence-electron chi connectivity index (χ3n) is 2.51. The minimum Gasteiger partial charge on any atom is -0.495 e. The quantitative estimate of drug-likeness (QED) is 0.548. The number of hydrogen-bond donors (Lipinski definition) is 3. The van der Waals surface area contributed by atoms with Crippen LogP contribution in [0.5, 0.6) is 5.75 Å². The van der Waals surface area contributed by atoms with Crippen molar-refractivity contribution in [3.05, 3.63) is 24.3 Å². The first kappa shape index (κ1) is 13.8. The van der Waals surface area contributed by atoms with Gasteiger partial charge in [0.05, 0.1) is 12.8 Å². The van der Waals surface area contributed by atoms with Crippen molar-refractivity contribution < 1.29 is 4.74 Å². The van der Waals surface area contributed by atoms with Gasteiger partial charge in [0.15, 0.2) is 0 Å². The van der Waals surface area contributed by atoms with Crippen LogP contribution in [0.2, 0.25) is 0 Å². The summed E-state index contributed by atoms with van der Waals surface area (Å²) < 4.78 is 5.27. The number of rotatable bonds is 5. The first-order valence-electron chi connectivity index (χ1n) is 5.94. The van der Waals surface area contributed by atoms with E-state index in [0.29, 0.717) is 17.6 Å². The van der Waals surface area contributed by atoms with Crippen molar-refractivity contribution in [1.29, 1.82) is 0 Å². The largest absolute Gasteiger partial charge is 0.495 e. The first-order valence-corrected chi connectivity index (χ1v) is 5.94. The Balaban J connectivity index is 2.35. The van der Waals surface area contributed by atoms with Crippen molar-refractivity contribution in [2.45, 2.75) is 0 Å². The second-order valence-electron chi connectivity index (χ2n) is 4.15. The highest BCUT2D eigenvalue weighted by Gasteiger charge is 2.09. The molecule has 1 heterocycles. The molecule has 1 aromatic heterocycles. The van der Waals surface area contributed by atoms with Gasteiger partial charge in [-0.3, -0.25) is 5.43 Å². The fraction of sp³-hybridized carbons (Fsp3) is 0.250. The van der Waals surface area contributed by atoms with E-state index in [-0.39, 0.29) is 5.95 Å². The Labute approximate surface area is 117 Å². The Morgan fingerprint density at radius 2 is 1.80 bits per heavy atom. The highest BCUT2D eigenvalue weighted by molar-refractivity contribution is 5.63. The lowest BCUT2D eigenvalue weighted by molar-refractivity contribution is 0.417. The maximum Gasteiger partial charge on any atom is 0.243 e. The Kier molecular flexibility index (Phi) is 4.16. The summed E-state index contributed by atoms with van der Waals surface area (Å²) >= 11 is 0. The van der Waals surface area contributed by atoms with Crippen LogP contribution in [0.4, 0.5) is 23.5 Å². The monoisotopic (exact) mass is 275 g/mol. The second-order valence-corrected chi connectivity index (χ2v) is 4.15. The van der Waals surface area contributed by atoms with Gasteiger partial charge in [0.25, 0.3) is 0 Å². The third-order valence-corrected chi connectivity index (χ3v) is 2.51. The lowest BCUT2D eigenvalue weighted by Crippen LogP contribution is -2.18. The van der Waals surface area contributed by atoms with Crippen LogP contribution in [0, 0.1) is 0 Å². The molecule has 0 bridgehead atoms. The Morgan fingerprint density at radius 1 is 1.10 bits per heavy atom. The van der Waals surface area contributed by atoms with Gasteiger partial charge in [-0.25, -0.2) is 5.84 Å². The van der Waals surface area contributed by atoms with Crippen molar-refractivity contribution in [2.75, 3.05) is 36.8 Å². The summed E-state index contributed by atoms with van der Waals surface area (Å²) in [6, 6.07) is 7.49. The van der Waals surface area contributed by atoms with Gasteiger partial charge in [-0.15, -0.1) is 0 Å². The topological polar surface area (TPSA) is 101 Å². The SMILES string of the molecule is COc1ccccc1Nc1nc(NN)nc(N(C)C)n1. The molecular weight excluding hydrogens is 258 g/mol. The summed E-state index contributed by atoms with van der Waals surface area (Å²) in [7, 11) is 5.27. The molecule has 0 aliphatic rings. The van der Waals surface area contributed by atoms with Crippen LogP contribution in [0.1, 0.15) is 0 Å². The maximum absolute atomic E-state index is 5.36. The number of methoxy groups -OCH3 is 1. The number of ether oxygens (including phenoxy) is 1. The highest BCUT2D eigenvalue weighted by Crippen LogP contribution is 2.26. The Bertz CT molecular complexity index is 588. The summed E-state index contributed by atoms with van der Waals surface area (Å²) in [5.74, 6) is 7.21. The van der Waals surface area contributed by atoms with Crippen molar-refractivity contribution >= 4 is 23.5 Å². The molecule has 0 saturated heterocycles. The maximum atomic E-state index is 5.36. The van der Waals surface area contributed by atoms with E-state index in [1.54, 1.807) is 12.0 Å². The van der Waals surface area contributed by atoms with Crippen molar-refractivity contribution in [1.82, 2.24) is 15.0 Å². The first-order chi connectivity index (χ1) is 9.63. The molecule has 0 spiro atoms. The molecule has 0 saturated carbocycles. The standard InChI is InChI=1S/C12H17N7O/c1-19(2)12-16-10(15-11(17-12)18-13)14-8-6-4-5-7-9(8)20-3/h4-7H,13H2,1-3H3,(H2,14,15,16,17,18). The summed E-state index contributed by atoms with van der Waals surface area (Å²) in [6.07, 6.45) is 0. The van der Waals surface area contributed by atoms with Crippen LogP contribution in [-0.2, 0) is 0 Å². The Morgan fingerprint density at radius 3 is 2.45 bits per heavy atom. The van der Waals surface area contributed by atoms with Crippen molar-refractivity contribution in [3.8, 4) is 5.75 Å². The van der Waals surface area contributed by atoms with E-state index in [9.17, 15) is 0 Å². The lowest BCUT2D eigenvalue weighted by Gasteiger charge is -2.14. The van der Waals surface area contributed by atoms with Gasteiger partial charge in [-0.05, 0) is 12.1 Å². The molecule has 4 N–H and O–H groups in total. The van der Waals surface area contributed by atoms with E-state index in [1.807, 2.05) is 38.4 Å². The molecule has 0 fully saturated rings. The van der Waals surface area contributed by atoms with Gasteiger partial charge in [-0.1, -0.05) is 12.1 Å². The second kappa shape index (κ2) is 6.02. The van der Waals surface area contributed by atoms with Crippen LogP contribution in [0.3, 0.4) is 0 Å². The summed E-state index contributed by atoms with van der Waals surface area (Å²) in [4.78, 5) is 14.3. The molecule has 8 heteroatoms. The van der Waals surface area contributed by atoms with E-state index >= 15 is 0 Å². The summed E-state index contributed by atoms with van der Waals surface area (Å²) in [5.41, 5.74) is 3.18. The van der Waals surface area contributed by atoms with Crippen molar-refractivity contribution in [3.63, 3.8) is 0 Å². The van der Waals surface area contributed by atoms with E-state index in [1.165, 1.54) is 0 Å². The number of hydrogen-bond acceptors (Lipinski definition) is 8. The van der Waals surface area contributed by atoms with Crippen LogP contribution in [-0.4, -0.2) is 36.2 Å². The number of hydrazine groups is 1. The number of nitrogens with one attached hydrogen (secondary N) is 2. The molecule has 20 heavy (non-hydrogen) atoms. The molecule has 0 radical (unpaired) electrons. The molecule has 0 amide bonds. The van der Waals surface area contributed by atoms with Gasteiger partial charge >= 0.3 is 0 Å². The molecule has 1 aromatic carbocycles. The number of para-hydroxylation sites is 2. The molecule has 106 valence electrons. The van der Waals surface area contributed by atoms with Gasteiger partial charge in [0.2, 0.25) is 17.8 Å². The molecule has 0 atom stereocenters. The van der Waals surface area contributed by atoms with Gasteiger partial charge < -0.3 is 15.0 Å². The zero-order valence-electron chi connectivity index (χ0n) is 11.6. The van der Waals surface area contributed by atoms with E-state index in [0.717, 1.165) is 5.69 Å². The fourth-order valence-corrected chi connectivity index (χ4v) is 1.55. The number of aromatic nitrogens is 3. The lowest BCUT2D eigenvalue weighted by atomic mass is 10.3. The van der Waals surface area contributed by atoms with Crippen LogP contribution < -0.4 is 26.2 Å². The number of benzene rings is 1. The number of nitrogens with two attached hydrogens (primary N) is 1. The summed E-state index contributed by atoms with van der Waals surface area (Å²) in [6.45, 7) is 0. The van der Waals surface area contributed by atoms with E-state index < -0.39 is 0 Å². The molecule has 2 rings (SSSR count). The smallest absolute Gasteiger partial charge is 0.243 e. The molecule has 8 nitrogen and oxygen atoms in total. The predicted octanol–water partition coefficient (Wildman–Crippen LogP) is 0.975. The zero-order valence-corrected chi connectivity index (χ0v) is 11.6. The van der Waals surface area contributed by atoms with Gasteiger partial charge in [0.1, 0.15) is 5.75 Å². The van der Waals surface area contributed by atoms with Gasteiger partial charge in [0, 0.05) is 14.1 Å². The van der Waals surface area contributed by atoms with Crippen LogP contribution in [0.15, 0.2) is 24.3 Å². The minimum absolute atomic E-state index is 0.279. The number of nitrogen functional groups attached to an aromatic ring is 1. The predicted molar refractivity (Wildman–Crippen MR) is 78.2 cm³/mol. The van der Waals surface area contributed by atoms with Crippen molar-refractivity contribution in [2.24, 2.45) is 5.84 Å². The van der Waals surface area contributed by atoms with Crippen LogP contribution >= 0.6 is 0 Å². The van der Waals surface area contributed by atoms with Gasteiger partial charge in [-0.2, -0.15) is 15.0 Å². The average molecular weight is 275 g/mol. The highest BCUT2D eigenvalue weighted by atomic mass is 16.5. The normalized spacial score (nSPS) is 10.0. The van der Waals surface area contributed by atoms with Crippen LogP contribution in [0.25, 0.3) is 0 Å². The average Bonchev–Trinajstić information content (AvgIpc) is 2.47.